The molecule has 4 aliphatic rings. The van der Waals surface area contributed by atoms with Crippen LogP contribution in [0.4, 0.5) is 34.1 Å². The van der Waals surface area contributed by atoms with Gasteiger partial charge in [-0.3, -0.25) is 0 Å². The van der Waals surface area contributed by atoms with E-state index in [0.717, 1.165) is 95.1 Å². The van der Waals surface area contributed by atoms with Gasteiger partial charge in [0.25, 0.3) is 0 Å². The van der Waals surface area contributed by atoms with Crippen LogP contribution in [0.3, 0.4) is 0 Å². The van der Waals surface area contributed by atoms with Crippen molar-refractivity contribution in [3.05, 3.63) is 486 Å². The zero-order valence-corrected chi connectivity index (χ0v) is 69.8. The van der Waals surface area contributed by atoms with Crippen molar-refractivity contribution in [2.24, 2.45) is 0 Å². The third-order valence-electron chi connectivity index (χ3n) is 26.5. The molecule has 26 rings (SSSR count). The Morgan fingerprint density at radius 3 is 0.977 bits per heavy atom. The second kappa shape index (κ2) is 30.0. The molecule has 0 bridgehead atoms. The van der Waals surface area contributed by atoms with E-state index in [-0.39, 0.29) is 0 Å². The summed E-state index contributed by atoms with van der Waals surface area (Å²) in [5, 5.41) is 26.5. The van der Waals surface area contributed by atoms with Crippen molar-refractivity contribution in [3.8, 4) is 120 Å². The predicted molar refractivity (Wildman–Crippen MR) is 520 cm³/mol. The molecule has 12 nitrogen and oxygen atoms in total. The zero-order chi connectivity index (χ0) is 86.1. The molecule has 4 aromatic heterocycles. The van der Waals surface area contributed by atoms with Gasteiger partial charge in [0.15, 0.2) is 34.9 Å². The van der Waals surface area contributed by atoms with E-state index < -0.39 is 10.8 Å². The quantitative estimate of drug-likeness (QED) is 0.129. The standard InChI is InChI=1S/C59H36N6.C59H35N5O/c60-37-40-35-41(31-33-43(40)58-62-56(38-17-3-1-4-18-38)61-57(63-58)39-19-5-2-6-20-39)65-54-29-15-11-25-50(54)59(51-26-12-16-30-55(51)65)48-24-10-7-21-44(48)47-36-42(32-34-49(47)59)64-52-27-13-8-22-45(52)46-23-9-14-28-53(46)64;60-36-41-33-42(29-30-43(41)58-62-56(37-15-3-1-4-16-37)61-57(63-58)38-17-5-2-6-18-38)64-52-24-12-10-22-50(52)59(51-23-11-13-25-53(51)64)48-21-9-7-19-44(48)46-34-39(27-31-49(46)59)40-28-32-55-47(35-40)45-20-8-14-26-54(45)65-55/h1-36H;1-35H. The van der Waals surface area contributed by atoms with Crippen LogP contribution in [0.2, 0.25) is 0 Å². The smallest absolute Gasteiger partial charge is 0.165 e. The summed E-state index contributed by atoms with van der Waals surface area (Å²) >= 11 is 0. The predicted octanol–water partition coefficient (Wildman–Crippen LogP) is 28.4. The van der Waals surface area contributed by atoms with Gasteiger partial charge in [-0.05, 0) is 187 Å². The van der Waals surface area contributed by atoms with E-state index in [1.807, 2.05) is 158 Å². The first-order chi connectivity index (χ1) is 64.4. The summed E-state index contributed by atoms with van der Waals surface area (Å²) in [5.41, 5.74) is 32.5. The van der Waals surface area contributed by atoms with Gasteiger partial charge in [-0.25, -0.2) is 29.9 Å². The van der Waals surface area contributed by atoms with Crippen LogP contribution in [-0.4, -0.2) is 34.5 Å². The molecule has 18 aromatic carbocycles. The molecular weight excluding hydrogens is 1590 g/mol. The van der Waals surface area contributed by atoms with Gasteiger partial charge in [0.1, 0.15) is 11.2 Å². The second-order valence-electron chi connectivity index (χ2n) is 33.3. The highest BCUT2D eigenvalue weighted by Gasteiger charge is 2.54. The highest BCUT2D eigenvalue weighted by Crippen LogP contribution is 2.66. The van der Waals surface area contributed by atoms with E-state index in [1.54, 1.807) is 0 Å². The number of furan rings is 1. The molecule has 0 amide bonds. The lowest BCUT2D eigenvalue weighted by Crippen LogP contribution is -2.36. The van der Waals surface area contributed by atoms with E-state index in [9.17, 15) is 10.5 Å². The molecule has 12 heteroatoms. The van der Waals surface area contributed by atoms with E-state index >= 15 is 0 Å². The van der Waals surface area contributed by atoms with Gasteiger partial charge in [-0.2, -0.15) is 10.5 Å². The van der Waals surface area contributed by atoms with E-state index in [1.165, 1.54) is 88.6 Å². The SMILES string of the molecule is N#Cc1cc(N2c3ccccc3C3(c4ccccc4-c4cc(-c5ccc6oc7ccccc7c6c5)ccc43)c3ccccc32)ccc1-c1nc(-c2ccccc2)nc(-c2ccccc2)n1.N#Cc1cc(N2c3ccccc3C3(c4ccccc4-c4cc(-n5c6ccccc6c6ccccc65)ccc43)c3ccccc32)ccc1-c1nc(-c2ccccc2)nc(-c2ccccc2)n1. The summed E-state index contributed by atoms with van der Waals surface area (Å²) in [6.07, 6.45) is 0. The number of aromatic nitrogens is 7. The Balaban J connectivity index is 0.000000140. The van der Waals surface area contributed by atoms with Gasteiger partial charge < -0.3 is 18.8 Å². The minimum Gasteiger partial charge on any atom is -0.456 e. The van der Waals surface area contributed by atoms with Crippen LogP contribution in [0.25, 0.3) is 151 Å². The van der Waals surface area contributed by atoms with Gasteiger partial charge >= 0.3 is 0 Å². The van der Waals surface area contributed by atoms with Gasteiger partial charge in [-0.15, -0.1) is 0 Å². The van der Waals surface area contributed by atoms with Crippen LogP contribution >= 0.6 is 0 Å². The lowest BCUT2D eigenvalue weighted by molar-refractivity contribution is 0.669. The molecule has 0 radical (unpaired) electrons. The molecule has 604 valence electrons. The maximum Gasteiger partial charge on any atom is 0.165 e. The molecule has 0 unspecified atom stereocenters. The van der Waals surface area contributed by atoms with Crippen molar-refractivity contribution < 1.29 is 4.42 Å². The number of benzene rings is 18. The van der Waals surface area contributed by atoms with Crippen LogP contribution in [0.5, 0.6) is 0 Å². The first-order valence-electron chi connectivity index (χ1n) is 43.6. The molecule has 0 fully saturated rings. The van der Waals surface area contributed by atoms with Crippen molar-refractivity contribution in [2.75, 3.05) is 9.80 Å². The van der Waals surface area contributed by atoms with Gasteiger partial charge in [0.05, 0.1) is 67.9 Å². The molecule has 0 saturated carbocycles. The van der Waals surface area contributed by atoms with Crippen molar-refractivity contribution in [1.82, 2.24) is 34.5 Å². The highest BCUT2D eigenvalue weighted by molar-refractivity contribution is 6.10. The van der Waals surface area contributed by atoms with Crippen LogP contribution in [0.15, 0.2) is 435 Å². The first-order valence-corrected chi connectivity index (χ1v) is 43.6. The Bertz CT molecular complexity index is 8240. The van der Waals surface area contributed by atoms with Crippen LogP contribution < -0.4 is 9.80 Å². The molecule has 0 N–H and O–H groups in total. The summed E-state index contributed by atoms with van der Waals surface area (Å²) in [5.74, 6) is 3.07. The normalized spacial score (nSPS) is 13.0. The molecular formula is C118H71N11O. The number of hydrogen-bond acceptors (Lipinski definition) is 11. The molecule has 0 saturated heterocycles. The Morgan fingerprint density at radius 1 is 0.215 bits per heavy atom. The number of rotatable bonds is 10. The largest absolute Gasteiger partial charge is 0.456 e. The van der Waals surface area contributed by atoms with Crippen molar-refractivity contribution >= 4 is 77.9 Å². The third kappa shape index (κ3) is 11.5. The minimum absolute atomic E-state index is 0.441. The monoisotopic (exact) mass is 1660 g/mol. The number of anilines is 6. The zero-order valence-electron chi connectivity index (χ0n) is 69.8. The molecule has 22 aromatic rings. The summed E-state index contributed by atoms with van der Waals surface area (Å²) in [6.45, 7) is 0. The molecule has 0 atom stereocenters. The topological polar surface area (TPSA) is 149 Å². The lowest BCUT2D eigenvalue weighted by Gasteiger charge is -2.45. The fraction of sp³-hybridized carbons (Fsp3) is 0.0169. The fourth-order valence-electron chi connectivity index (χ4n) is 21.0. The van der Waals surface area contributed by atoms with Crippen molar-refractivity contribution in [3.63, 3.8) is 0 Å². The minimum atomic E-state index is -0.612. The number of fused-ring (bicyclic) bond motifs is 24. The second-order valence-corrected chi connectivity index (χ2v) is 33.3. The molecule has 130 heavy (non-hydrogen) atoms. The summed E-state index contributed by atoms with van der Waals surface area (Å²) < 4.78 is 8.60. The fourth-order valence-corrected chi connectivity index (χ4v) is 21.0. The third-order valence-corrected chi connectivity index (χ3v) is 26.5. The molecule has 2 spiro atoms. The van der Waals surface area contributed by atoms with Crippen LogP contribution in [0.1, 0.15) is 55.6 Å². The number of nitriles is 2. The highest BCUT2D eigenvalue weighted by atomic mass is 16.3. The van der Waals surface area contributed by atoms with Crippen LogP contribution in [0, 0.1) is 22.7 Å². The average Bonchev–Trinajstić information content (AvgIpc) is 1.49. The summed E-state index contributed by atoms with van der Waals surface area (Å²) in [4.78, 5) is 34.3. The maximum atomic E-state index is 10.9. The summed E-state index contributed by atoms with van der Waals surface area (Å²) in [6, 6.07) is 156. The van der Waals surface area contributed by atoms with E-state index in [4.69, 9.17) is 34.3 Å². The Hall–Kier alpha value is -17.8. The van der Waals surface area contributed by atoms with Crippen molar-refractivity contribution in [2.45, 2.75) is 10.8 Å². The Kier molecular flexibility index (Phi) is 17.2. The Labute approximate surface area is 748 Å². The number of hydrogen-bond donors (Lipinski definition) is 0. The van der Waals surface area contributed by atoms with Gasteiger partial charge in [-0.1, -0.05) is 322 Å². The Morgan fingerprint density at radius 2 is 0.538 bits per heavy atom. The van der Waals surface area contributed by atoms with E-state index in [2.05, 4.69) is 299 Å². The maximum absolute atomic E-state index is 10.9. The van der Waals surface area contributed by atoms with Gasteiger partial charge in [0, 0.05) is 72.0 Å². The lowest BCUT2D eigenvalue weighted by atomic mass is 9.64. The molecule has 2 aliphatic carbocycles. The van der Waals surface area contributed by atoms with Crippen molar-refractivity contribution in [1.29, 1.82) is 10.5 Å². The first kappa shape index (κ1) is 74.8. The average molecular weight is 1660 g/mol. The summed E-state index contributed by atoms with van der Waals surface area (Å²) in [7, 11) is 0. The number of para-hydroxylation sites is 7. The van der Waals surface area contributed by atoms with Gasteiger partial charge in [0.2, 0.25) is 0 Å². The number of nitrogens with zero attached hydrogens (tertiary/aromatic N) is 11. The molecule has 2 aliphatic heterocycles. The van der Waals surface area contributed by atoms with E-state index in [0.29, 0.717) is 57.2 Å². The molecule has 6 heterocycles. The van der Waals surface area contributed by atoms with Crippen LogP contribution in [-0.2, 0) is 10.8 Å².